The monoisotopic (exact) mass is 510 g/mol. The van der Waals surface area contributed by atoms with Crippen LogP contribution in [0.25, 0.3) is 0 Å². The van der Waals surface area contributed by atoms with Crippen molar-refractivity contribution in [1.29, 1.82) is 0 Å². The molecule has 2 saturated heterocycles. The molecule has 3 fully saturated rings. The van der Waals surface area contributed by atoms with Gasteiger partial charge in [-0.15, -0.1) is 0 Å². The normalized spacial score (nSPS) is 23.9. The fourth-order valence-electron chi connectivity index (χ4n) is 6.19. The maximum Gasteiger partial charge on any atom is 0.408 e. The molecule has 1 aliphatic carbocycles. The van der Waals surface area contributed by atoms with Gasteiger partial charge in [-0.3, -0.25) is 14.6 Å². The third-order valence-corrected chi connectivity index (χ3v) is 8.94. The number of benzene rings is 1. The second-order valence-corrected chi connectivity index (χ2v) is 11.7. The molecule has 3 aliphatic rings. The van der Waals surface area contributed by atoms with Gasteiger partial charge in [0.15, 0.2) is 0 Å². The molecule has 188 valence electrons. The Morgan fingerprint density at radius 3 is 2.18 bits per heavy atom. The first-order valence-electron chi connectivity index (χ1n) is 12.3. The van der Waals surface area contributed by atoms with E-state index in [1.54, 1.807) is 6.07 Å². The van der Waals surface area contributed by atoms with Gasteiger partial charge in [0.25, 0.3) is 0 Å². The molecule has 0 aromatic heterocycles. The van der Waals surface area contributed by atoms with Crippen LogP contribution in [0.5, 0.6) is 0 Å². The Bertz CT molecular complexity index is 921. The average Bonchev–Trinajstić information content (AvgIpc) is 3.32. The highest BCUT2D eigenvalue weighted by molar-refractivity contribution is 6.42. The van der Waals surface area contributed by atoms with E-state index in [-0.39, 0.29) is 16.9 Å². The first kappa shape index (κ1) is 25.4. The number of nitrogens with zero attached hydrogens (tertiary/aromatic N) is 4. The summed E-state index contributed by atoms with van der Waals surface area (Å²) in [5.74, 6) is -0.0806. The highest BCUT2D eigenvalue weighted by Gasteiger charge is 2.51. The molecule has 2 amide bonds. The zero-order valence-electron chi connectivity index (χ0n) is 20.4. The van der Waals surface area contributed by atoms with Crippen molar-refractivity contribution in [3.63, 3.8) is 0 Å². The van der Waals surface area contributed by atoms with Crippen LogP contribution in [-0.2, 0) is 4.79 Å². The summed E-state index contributed by atoms with van der Waals surface area (Å²) >= 11 is 12.2. The fraction of sp³-hybridized carbons (Fsp3) is 0.680. The molecule has 1 saturated carbocycles. The largest absolute Gasteiger partial charge is 0.465 e. The van der Waals surface area contributed by atoms with E-state index in [0.29, 0.717) is 55.9 Å². The molecule has 1 aromatic rings. The molecule has 4 rings (SSSR count). The smallest absolute Gasteiger partial charge is 0.408 e. The lowest BCUT2D eigenvalue weighted by Crippen LogP contribution is -2.68. The predicted octanol–water partition coefficient (Wildman–Crippen LogP) is 4.67. The first-order chi connectivity index (χ1) is 16.0. The van der Waals surface area contributed by atoms with Crippen molar-refractivity contribution in [1.82, 2.24) is 14.7 Å². The molecule has 2 heterocycles. The Labute approximate surface area is 212 Å². The third kappa shape index (κ3) is 4.71. The Hall–Kier alpha value is -1.70. The minimum atomic E-state index is -1.01. The number of hydrogen-bond donors (Lipinski definition) is 1. The van der Waals surface area contributed by atoms with E-state index in [2.05, 4.69) is 30.6 Å². The summed E-state index contributed by atoms with van der Waals surface area (Å²) in [6, 6.07) is 4.90. The third-order valence-electron chi connectivity index (χ3n) is 8.20. The van der Waals surface area contributed by atoms with Crippen LogP contribution in [0, 0.1) is 5.41 Å². The van der Waals surface area contributed by atoms with Crippen LogP contribution in [0.1, 0.15) is 46.5 Å². The maximum atomic E-state index is 13.7. The van der Waals surface area contributed by atoms with Crippen molar-refractivity contribution < 1.29 is 14.7 Å². The van der Waals surface area contributed by atoms with E-state index in [0.717, 1.165) is 18.5 Å². The standard InChI is InChI=1S/C25H36Cl2N4O3/c1-24(2,3)25(8-4-5-9-25)30-14-15-31(23(33)34)21(17-30)22(32)29-12-10-28(11-13-29)18-6-7-19(26)20(27)16-18/h6-7,16,21H,4-5,8-15,17H2,1-3H3,(H,33,34)/t21-/m1/s1. The topological polar surface area (TPSA) is 67.3 Å². The molecule has 0 bridgehead atoms. The highest BCUT2D eigenvalue weighted by atomic mass is 35.5. The summed E-state index contributed by atoms with van der Waals surface area (Å²) in [4.78, 5) is 33.5. The van der Waals surface area contributed by atoms with Crippen molar-refractivity contribution >= 4 is 40.9 Å². The zero-order chi connectivity index (χ0) is 24.7. The van der Waals surface area contributed by atoms with Crippen LogP contribution in [0.2, 0.25) is 10.0 Å². The van der Waals surface area contributed by atoms with E-state index in [4.69, 9.17) is 23.2 Å². The van der Waals surface area contributed by atoms with Crippen LogP contribution in [0.15, 0.2) is 18.2 Å². The molecule has 9 heteroatoms. The van der Waals surface area contributed by atoms with Gasteiger partial charge in [-0.2, -0.15) is 0 Å². The van der Waals surface area contributed by atoms with E-state index >= 15 is 0 Å². The summed E-state index contributed by atoms with van der Waals surface area (Å²) in [6.45, 7) is 10.8. The van der Waals surface area contributed by atoms with Gasteiger partial charge in [0, 0.05) is 57.0 Å². The summed E-state index contributed by atoms with van der Waals surface area (Å²) in [5, 5.41) is 10.9. The lowest BCUT2D eigenvalue weighted by Gasteiger charge is -2.54. The molecule has 1 N–H and O–H groups in total. The number of anilines is 1. The Balaban J connectivity index is 1.48. The second kappa shape index (κ2) is 9.75. The average molecular weight is 511 g/mol. The van der Waals surface area contributed by atoms with Gasteiger partial charge >= 0.3 is 6.09 Å². The molecule has 7 nitrogen and oxygen atoms in total. The molecule has 0 radical (unpaired) electrons. The molecule has 34 heavy (non-hydrogen) atoms. The van der Waals surface area contributed by atoms with E-state index < -0.39 is 12.1 Å². The van der Waals surface area contributed by atoms with Crippen molar-refractivity contribution in [2.75, 3.05) is 50.7 Å². The number of carbonyl (C=O) groups is 2. The van der Waals surface area contributed by atoms with Crippen LogP contribution in [0.4, 0.5) is 10.5 Å². The van der Waals surface area contributed by atoms with Gasteiger partial charge in [-0.05, 0) is 36.5 Å². The predicted molar refractivity (Wildman–Crippen MR) is 136 cm³/mol. The van der Waals surface area contributed by atoms with E-state index in [1.807, 2.05) is 17.0 Å². The first-order valence-corrected chi connectivity index (χ1v) is 13.0. The number of hydrogen-bond acceptors (Lipinski definition) is 4. The molecular formula is C25H36Cl2N4O3. The number of piperazine rings is 2. The quantitative estimate of drug-likeness (QED) is 0.639. The van der Waals surface area contributed by atoms with Gasteiger partial charge in [-0.25, -0.2) is 4.79 Å². The van der Waals surface area contributed by atoms with Crippen molar-refractivity contribution in [3.05, 3.63) is 28.2 Å². The van der Waals surface area contributed by atoms with E-state index in [1.165, 1.54) is 17.7 Å². The lowest BCUT2D eigenvalue weighted by atomic mass is 9.70. The van der Waals surface area contributed by atoms with Gasteiger partial charge in [0.1, 0.15) is 6.04 Å². The second-order valence-electron chi connectivity index (χ2n) is 10.8. The lowest BCUT2D eigenvalue weighted by molar-refractivity contribution is -0.142. The van der Waals surface area contributed by atoms with Gasteiger partial charge in [0.05, 0.1) is 10.0 Å². The number of halogens is 2. The van der Waals surface area contributed by atoms with Crippen LogP contribution in [-0.4, -0.2) is 89.2 Å². The van der Waals surface area contributed by atoms with Gasteiger partial charge in [-0.1, -0.05) is 56.8 Å². The Morgan fingerprint density at radius 2 is 1.62 bits per heavy atom. The van der Waals surface area contributed by atoms with Gasteiger partial charge in [0.2, 0.25) is 5.91 Å². The van der Waals surface area contributed by atoms with Crippen molar-refractivity contribution in [2.24, 2.45) is 5.41 Å². The van der Waals surface area contributed by atoms with Crippen molar-refractivity contribution in [2.45, 2.75) is 58.0 Å². The molecule has 1 atom stereocenters. The molecule has 0 unspecified atom stereocenters. The van der Waals surface area contributed by atoms with E-state index in [9.17, 15) is 14.7 Å². The number of carbonyl (C=O) groups excluding carboxylic acids is 1. The minimum absolute atomic E-state index is 0.0165. The zero-order valence-corrected chi connectivity index (χ0v) is 21.9. The SMILES string of the molecule is CC(C)(C)C1(N2CCN(C(=O)O)[C@@H](C(=O)N3CCN(c4ccc(Cl)c(Cl)c4)CC3)C2)CCCC1. The molecule has 2 aliphatic heterocycles. The van der Waals surface area contributed by atoms with Crippen molar-refractivity contribution in [3.8, 4) is 0 Å². The molecular weight excluding hydrogens is 475 g/mol. The summed E-state index contributed by atoms with van der Waals surface area (Å²) in [6.07, 6.45) is 3.57. The Morgan fingerprint density at radius 1 is 0.971 bits per heavy atom. The molecule has 0 spiro atoms. The summed E-state index contributed by atoms with van der Waals surface area (Å²) in [5.41, 5.74) is 1.06. The summed E-state index contributed by atoms with van der Waals surface area (Å²) in [7, 11) is 0. The minimum Gasteiger partial charge on any atom is -0.465 e. The Kier molecular flexibility index (Phi) is 7.28. The summed E-state index contributed by atoms with van der Waals surface area (Å²) < 4.78 is 0. The van der Waals surface area contributed by atoms with Gasteiger partial charge < -0.3 is 14.9 Å². The van der Waals surface area contributed by atoms with Crippen LogP contribution in [0.3, 0.4) is 0 Å². The number of carboxylic acid groups (broad SMARTS) is 1. The maximum absolute atomic E-state index is 13.7. The highest BCUT2D eigenvalue weighted by Crippen LogP contribution is 2.48. The number of rotatable bonds is 3. The van der Waals surface area contributed by atoms with Crippen LogP contribution >= 0.6 is 23.2 Å². The van der Waals surface area contributed by atoms with Crippen LogP contribution < -0.4 is 4.90 Å². The fourth-order valence-corrected chi connectivity index (χ4v) is 6.48. The number of amides is 2. The molecule has 1 aromatic carbocycles.